The van der Waals surface area contributed by atoms with E-state index in [0.717, 1.165) is 36.7 Å². The predicted molar refractivity (Wildman–Crippen MR) is 72.8 cm³/mol. The third kappa shape index (κ3) is 2.96. The Kier molecular flexibility index (Phi) is 4.10. The van der Waals surface area contributed by atoms with Crippen LogP contribution >= 0.6 is 0 Å². The van der Waals surface area contributed by atoms with Gasteiger partial charge in [-0.1, -0.05) is 6.92 Å². The molecule has 1 N–H and O–H groups in total. The maximum atomic E-state index is 4.45. The van der Waals surface area contributed by atoms with Crippen molar-refractivity contribution < 1.29 is 0 Å². The third-order valence-corrected chi connectivity index (χ3v) is 2.79. The van der Waals surface area contributed by atoms with E-state index in [1.165, 1.54) is 5.56 Å². The molecule has 0 saturated heterocycles. The van der Waals surface area contributed by atoms with Gasteiger partial charge in [-0.05, 0) is 50.6 Å². The molecular formula is C14H20N4. The van der Waals surface area contributed by atoms with Gasteiger partial charge in [0.05, 0.1) is 5.69 Å². The van der Waals surface area contributed by atoms with Crippen LogP contribution in [-0.4, -0.2) is 21.3 Å². The van der Waals surface area contributed by atoms with Crippen LogP contribution in [0.25, 0.3) is 5.82 Å². The molecule has 0 aromatic carbocycles. The zero-order valence-electron chi connectivity index (χ0n) is 11.3. The first kappa shape index (κ1) is 12.8. The van der Waals surface area contributed by atoms with Crippen molar-refractivity contribution in [2.75, 3.05) is 6.54 Å². The Balaban J connectivity index is 2.19. The van der Waals surface area contributed by atoms with Crippen LogP contribution in [0.4, 0.5) is 0 Å². The maximum absolute atomic E-state index is 4.45. The lowest BCUT2D eigenvalue weighted by Gasteiger charge is -2.07. The van der Waals surface area contributed by atoms with E-state index in [2.05, 4.69) is 34.5 Å². The van der Waals surface area contributed by atoms with Gasteiger partial charge >= 0.3 is 0 Å². The Bertz CT molecular complexity index is 516. The Morgan fingerprint density at radius 1 is 1.28 bits per heavy atom. The minimum Gasteiger partial charge on any atom is -0.313 e. The van der Waals surface area contributed by atoms with E-state index in [-0.39, 0.29) is 0 Å². The molecule has 0 aliphatic rings. The fraction of sp³-hybridized carbons (Fsp3) is 0.429. The average molecular weight is 244 g/mol. The molecule has 0 saturated carbocycles. The first-order valence-corrected chi connectivity index (χ1v) is 6.40. The second-order valence-corrected chi connectivity index (χ2v) is 4.54. The number of aryl methyl sites for hydroxylation is 2. The van der Waals surface area contributed by atoms with Gasteiger partial charge in [0.2, 0.25) is 0 Å². The highest BCUT2D eigenvalue weighted by Gasteiger charge is 2.05. The zero-order chi connectivity index (χ0) is 13.0. The van der Waals surface area contributed by atoms with E-state index in [1.54, 1.807) is 0 Å². The fourth-order valence-electron chi connectivity index (χ4n) is 1.96. The summed E-state index contributed by atoms with van der Waals surface area (Å²) in [5, 5.41) is 7.84. The smallest absolute Gasteiger partial charge is 0.153 e. The van der Waals surface area contributed by atoms with Crippen molar-refractivity contribution in [3.8, 4) is 5.82 Å². The molecule has 18 heavy (non-hydrogen) atoms. The van der Waals surface area contributed by atoms with Crippen LogP contribution in [0.3, 0.4) is 0 Å². The normalized spacial score (nSPS) is 10.8. The molecular weight excluding hydrogens is 224 g/mol. The van der Waals surface area contributed by atoms with Crippen LogP contribution in [0.2, 0.25) is 0 Å². The molecule has 96 valence electrons. The standard InChI is InChI=1S/C14H20N4/c1-4-6-15-10-13-5-7-16-14(9-13)18-12(3)8-11(2)17-18/h5,7-9,15H,4,6,10H2,1-3H3. The molecule has 2 aromatic rings. The van der Waals surface area contributed by atoms with Gasteiger partial charge < -0.3 is 5.32 Å². The molecule has 0 fully saturated rings. The molecule has 2 rings (SSSR count). The van der Waals surface area contributed by atoms with E-state index in [9.17, 15) is 0 Å². The molecule has 0 unspecified atom stereocenters. The predicted octanol–water partition coefficient (Wildman–Crippen LogP) is 2.38. The Hall–Kier alpha value is -1.68. The van der Waals surface area contributed by atoms with Gasteiger partial charge in [0, 0.05) is 18.4 Å². The van der Waals surface area contributed by atoms with Crippen molar-refractivity contribution in [3.63, 3.8) is 0 Å². The summed E-state index contributed by atoms with van der Waals surface area (Å²) in [4.78, 5) is 4.38. The SMILES string of the molecule is CCCNCc1ccnc(-n2nc(C)cc2C)c1. The number of hydrogen-bond acceptors (Lipinski definition) is 3. The van der Waals surface area contributed by atoms with Crippen molar-refractivity contribution in [2.45, 2.75) is 33.7 Å². The highest BCUT2D eigenvalue weighted by Crippen LogP contribution is 2.11. The average Bonchev–Trinajstić information content (AvgIpc) is 2.69. The summed E-state index contributed by atoms with van der Waals surface area (Å²) in [5.41, 5.74) is 3.36. The maximum Gasteiger partial charge on any atom is 0.153 e. The van der Waals surface area contributed by atoms with Crippen molar-refractivity contribution in [1.82, 2.24) is 20.1 Å². The minimum absolute atomic E-state index is 0.878. The summed E-state index contributed by atoms with van der Waals surface area (Å²) in [7, 11) is 0. The van der Waals surface area contributed by atoms with Gasteiger partial charge in [-0.3, -0.25) is 0 Å². The summed E-state index contributed by atoms with van der Waals surface area (Å²) in [5.74, 6) is 0.886. The van der Waals surface area contributed by atoms with Crippen LogP contribution in [-0.2, 0) is 6.54 Å². The fourth-order valence-corrected chi connectivity index (χ4v) is 1.96. The van der Waals surface area contributed by atoms with Gasteiger partial charge in [-0.25, -0.2) is 9.67 Å². The van der Waals surface area contributed by atoms with Gasteiger partial charge in [0.1, 0.15) is 0 Å². The van der Waals surface area contributed by atoms with Crippen LogP contribution in [0.15, 0.2) is 24.4 Å². The molecule has 4 nitrogen and oxygen atoms in total. The molecule has 0 atom stereocenters. The van der Waals surface area contributed by atoms with Crippen LogP contribution < -0.4 is 5.32 Å². The summed E-state index contributed by atoms with van der Waals surface area (Å²) >= 11 is 0. The summed E-state index contributed by atoms with van der Waals surface area (Å²) in [6.45, 7) is 8.13. The largest absolute Gasteiger partial charge is 0.313 e. The number of aromatic nitrogens is 3. The van der Waals surface area contributed by atoms with E-state index in [4.69, 9.17) is 0 Å². The quantitative estimate of drug-likeness (QED) is 0.821. The lowest BCUT2D eigenvalue weighted by atomic mass is 10.2. The molecule has 0 bridgehead atoms. The van der Waals surface area contributed by atoms with Gasteiger partial charge in [0.25, 0.3) is 0 Å². The number of rotatable bonds is 5. The molecule has 0 aliphatic carbocycles. The molecule has 0 amide bonds. The first-order chi connectivity index (χ1) is 8.70. The highest BCUT2D eigenvalue weighted by molar-refractivity contribution is 5.29. The zero-order valence-corrected chi connectivity index (χ0v) is 11.3. The van der Waals surface area contributed by atoms with Crippen LogP contribution in [0.1, 0.15) is 30.3 Å². The lowest BCUT2D eigenvalue weighted by molar-refractivity contribution is 0.673. The second-order valence-electron chi connectivity index (χ2n) is 4.54. The van der Waals surface area contributed by atoms with Crippen LogP contribution in [0.5, 0.6) is 0 Å². The van der Waals surface area contributed by atoms with Crippen molar-refractivity contribution in [1.29, 1.82) is 0 Å². The summed E-state index contributed by atoms with van der Waals surface area (Å²) in [6.07, 6.45) is 2.99. The molecule has 0 spiro atoms. The number of nitrogens with one attached hydrogen (secondary N) is 1. The van der Waals surface area contributed by atoms with E-state index >= 15 is 0 Å². The van der Waals surface area contributed by atoms with Gasteiger partial charge in [-0.2, -0.15) is 5.10 Å². The van der Waals surface area contributed by atoms with E-state index < -0.39 is 0 Å². The Labute approximate surface area is 108 Å². The van der Waals surface area contributed by atoms with Crippen molar-refractivity contribution in [3.05, 3.63) is 41.3 Å². The molecule has 4 heteroatoms. The summed E-state index contributed by atoms with van der Waals surface area (Å²) in [6, 6.07) is 6.18. The highest BCUT2D eigenvalue weighted by atomic mass is 15.3. The second kappa shape index (κ2) is 5.78. The summed E-state index contributed by atoms with van der Waals surface area (Å²) < 4.78 is 1.89. The number of nitrogens with zero attached hydrogens (tertiary/aromatic N) is 3. The lowest BCUT2D eigenvalue weighted by Crippen LogP contribution is -2.14. The topological polar surface area (TPSA) is 42.7 Å². The Morgan fingerprint density at radius 2 is 2.11 bits per heavy atom. The number of pyridine rings is 1. The molecule has 0 aliphatic heterocycles. The van der Waals surface area contributed by atoms with E-state index in [1.807, 2.05) is 30.8 Å². The van der Waals surface area contributed by atoms with Crippen molar-refractivity contribution >= 4 is 0 Å². The molecule has 2 heterocycles. The van der Waals surface area contributed by atoms with Gasteiger partial charge in [0.15, 0.2) is 5.82 Å². The van der Waals surface area contributed by atoms with Crippen LogP contribution in [0, 0.1) is 13.8 Å². The third-order valence-electron chi connectivity index (χ3n) is 2.79. The number of hydrogen-bond donors (Lipinski definition) is 1. The van der Waals surface area contributed by atoms with Gasteiger partial charge in [-0.15, -0.1) is 0 Å². The molecule has 2 aromatic heterocycles. The monoisotopic (exact) mass is 244 g/mol. The first-order valence-electron chi connectivity index (χ1n) is 6.40. The van der Waals surface area contributed by atoms with Crippen molar-refractivity contribution in [2.24, 2.45) is 0 Å². The minimum atomic E-state index is 0.878. The van der Waals surface area contributed by atoms with E-state index in [0.29, 0.717) is 0 Å². The molecule has 0 radical (unpaired) electrons. The Morgan fingerprint density at radius 3 is 2.78 bits per heavy atom.